The zero-order chi connectivity index (χ0) is 13.5. The van der Waals surface area contributed by atoms with Gasteiger partial charge in [0.2, 0.25) is 0 Å². The van der Waals surface area contributed by atoms with Crippen molar-refractivity contribution < 1.29 is 0 Å². The van der Waals surface area contributed by atoms with Crippen molar-refractivity contribution in [2.75, 3.05) is 18.0 Å². The first-order valence-corrected chi connectivity index (χ1v) is 6.70. The average Bonchev–Trinajstić information content (AvgIpc) is 2.34. The molecule has 18 heavy (non-hydrogen) atoms. The number of hydrogen-bond acceptors (Lipinski definition) is 3. The van der Waals surface area contributed by atoms with E-state index in [2.05, 4.69) is 42.6 Å². The van der Waals surface area contributed by atoms with E-state index in [9.17, 15) is 0 Å². The fourth-order valence-electron chi connectivity index (χ4n) is 1.73. The zero-order valence-corrected chi connectivity index (χ0v) is 12.2. The van der Waals surface area contributed by atoms with Gasteiger partial charge in [-0.25, -0.2) is 4.98 Å². The van der Waals surface area contributed by atoms with Crippen LogP contribution in [0.5, 0.6) is 0 Å². The van der Waals surface area contributed by atoms with Crippen molar-refractivity contribution >= 4 is 17.4 Å². The SMILES string of the molecule is C=CCN(c1ncc(CNCC)cc1Cl)C(C)C. The maximum absolute atomic E-state index is 6.32. The highest BCUT2D eigenvalue weighted by Crippen LogP contribution is 2.25. The molecule has 0 bridgehead atoms. The Balaban J connectivity index is 2.91. The molecule has 3 nitrogen and oxygen atoms in total. The van der Waals surface area contributed by atoms with Crippen LogP contribution in [0.15, 0.2) is 24.9 Å². The second kappa shape index (κ2) is 7.39. The maximum Gasteiger partial charge on any atom is 0.147 e. The van der Waals surface area contributed by atoms with E-state index >= 15 is 0 Å². The van der Waals surface area contributed by atoms with Crippen molar-refractivity contribution in [1.29, 1.82) is 0 Å². The lowest BCUT2D eigenvalue weighted by molar-refractivity contribution is 0.705. The summed E-state index contributed by atoms with van der Waals surface area (Å²) in [4.78, 5) is 6.61. The van der Waals surface area contributed by atoms with Crippen LogP contribution in [-0.2, 0) is 6.54 Å². The third-order valence-electron chi connectivity index (χ3n) is 2.68. The predicted octanol–water partition coefficient (Wildman–Crippen LogP) is 3.25. The molecule has 0 aliphatic rings. The van der Waals surface area contributed by atoms with E-state index in [0.717, 1.165) is 31.0 Å². The Bertz CT molecular complexity index is 391. The molecule has 0 unspecified atom stereocenters. The molecule has 0 aliphatic heterocycles. The summed E-state index contributed by atoms with van der Waals surface area (Å²) in [5.41, 5.74) is 1.10. The molecule has 0 fully saturated rings. The quantitative estimate of drug-likeness (QED) is 0.769. The van der Waals surface area contributed by atoms with E-state index in [1.165, 1.54) is 0 Å². The monoisotopic (exact) mass is 267 g/mol. The number of hydrogen-bond donors (Lipinski definition) is 1. The van der Waals surface area contributed by atoms with Crippen LogP contribution in [0, 0.1) is 0 Å². The third kappa shape index (κ3) is 4.00. The average molecular weight is 268 g/mol. The number of aromatic nitrogens is 1. The minimum absolute atomic E-state index is 0.340. The fraction of sp³-hybridized carbons (Fsp3) is 0.500. The lowest BCUT2D eigenvalue weighted by Gasteiger charge is -2.27. The van der Waals surface area contributed by atoms with Crippen molar-refractivity contribution in [1.82, 2.24) is 10.3 Å². The predicted molar refractivity (Wildman–Crippen MR) is 79.3 cm³/mol. The second-order valence-electron chi connectivity index (χ2n) is 4.46. The standard InChI is InChI=1S/C14H22ClN3/c1-5-7-18(11(3)4)14-13(15)8-12(10-17-14)9-16-6-2/h5,8,10-11,16H,1,6-7,9H2,2-4H3. The summed E-state index contributed by atoms with van der Waals surface area (Å²) in [6, 6.07) is 2.32. The van der Waals surface area contributed by atoms with E-state index in [0.29, 0.717) is 11.1 Å². The Morgan fingerprint density at radius 1 is 1.56 bits per heavy atom. The van der Waals surface area contributed by atoms with Gasteiger partial charge in [0, 0.05) is 25.3 Å². The van der Waals surface area contributed by atoms with E-state index < -0.39 is 0 Å². The van der Waals surface area contributed by atoms with Crippen LogP contribution >= 0.6 is 11.6 Å². The van der Waals surface area contributed by atoms with Gasteiger partial charge < -0.3 is 10.2 Å². The largest absolute Gasteiger partial charge is 0.349 e. The van der Waals surface area contributed by atoms with Crippen molar-refractivity contribution in [3.8, 4) is 0 Å². The summed E-state index contributed by atoms with van der Waals surface area (Å²) >= 11 is 6.32. The Hall–Kier alpha value is -1.06. The van der Waals surface area contributed by atoms with Crippen LogP contribution in [0.25, 0.3) is 0 Å². The zero-order valence-electron chi connectivity index (χ0n) is 11.4. The van der Waals surface area contributed by atoms with Crippen LogP contribution < -0.4 is 10.2 Å². The molecule has 0 saturated heterocycles. The van der Waals surface area contributed by atoms with Crippen molar-refractivity contribution in [2.24, 2.45) is 0 Å². The lowest BCUT2D eigenvalue weighted by Crippen LogP contribution is -2.31. The minimum Gasteiger partial charge on any atom is -0.349 e. The summed E-state index contributed by atoms with van der Waals surface area (Å²) in [6.07, 6.45) is 3.74. The molecule has 100 valence electrons. The van der Waals surface area contributed by atoms with Gasteiger partial charge in [0.25, 0.3) is 0 Å². The van der Waals surface area contributed by atoms with Gasteiger partial charge in [0.05, 0.1) is 5.02 Å². The maximum atomic E-state index is 6.32. The molecule has 1 rings (SSSR count). The highest BCUT2D eigenvalue weighted by atomic mass is 35.5. The Kier molecular flexibility index (Phi) is 6.16. The first kappa shape index (κ1) is 15.0. The van der Waals surface area contributed by atoms with Crippen molar-refractivity contribution in [3.63, 3.8) is 0 Å². The molecular weight excluding hydrogens is 246 g/mol. The Labute approximate surface area is 115 Å². The molecule has 4 heteroatoms. The van der Waals surface area contributed by atoms with E-state index in [4.69, 9.17) is 11.6 Å². The number of anilines is 1. The van der Waals surface area contributed by atoms with Gasteiger partial charge in [0.1, 0.15) is 5.82 Å². The van der Waals surface area contributed by atoms with Gasteiger partial charge >= 0.3 is 0 Å². The summed E-state index contributed by atoms with van der Waals surface area (Å²) in [6.45, 7) is 12.6. The normalized spacial score (nSPS) is 10.7. The Morgan fingerprint density at radius 2 is 2.28 bits per heavy atom. The molecule has 0 spiro atoms. The molecule has 1 aromatic heterocycles. The van der Waals surface area contributed by atoms with Gasteiger partial charge in [0.15, 0.2) is 0 Å². The summed E-state index contributed by atoms with van der Waals surface area (Å²) in [5.74, 6) is 0.826. The molecule has 0 saturated carbocycles. The van der Waals surface area contributed by atoms with Crippen LogP contribution in [0.4, 0.5) is 5.82 Å². The number of pyridine rings is 1. The molecule has 0 atom stereocenters. The second-order valence-corrected chi connectivity index (χ2v) is 4.87. The van der Waals surface area contributed by atoms with Crippen LogP contribution in [0.1, 0.15) is 26.3 Å². The molecular formula is C14H22ClN3. The fourth-order valence-corrected chi connectivity index (χ4v) is 2.03. The Morgan fingerprint density at radius 3 is 2.78 bits per heavy atom. The lowest BCUT2D eigenvalue weighted by atomic mass is 10.2. The van der Waals surface area contributed by atoms with Gasteiger partial charge in [-0.3, -0.25) is 0 Å². The first-order valence-electron chi connectivity index (χ1n) is 6.32. The summed E-state index contributed by atoms with van der Waals surface area (Å²) in [7, 11) is 0. The summed E-state index contributed by atoms with van der Waals surface area (Å²) < 4.78 is 0. The van der Waals surface area contributed by atoms with Gasteiger partial charge in [-0.05, 0) is 32.0 Å². The minimum atomic E-state index is 0.340. The van der Waals surface area contributed by atoms with Gasteiger partial charge in [-0.1, -0.05) is 24.6 Å². The molecule has 1 aromatic rings. The van der Waals surface area contributed by atoms with Crippen molar-refractivity contribution in [2.45, 2.75) is 33.4 Å². The number of nitrogens with one attached hydrogen (secondary N) is 1. The number of nitrogens with zero attached hydrogens (tertiary/aromatic N) is 2. The smallest absolute Gasteiger partial charge is 0.147 e. The highest BCUT2D eigenvalue weighted by molar-refractivity contribution is 6.33. The number of rotatable bonds is 7. The van der Waals surface area contributed by atoms with Gasteiger partial charge in [-0.2, -0.15) is 0 Å². The van der Waals surface area contributed by atoms with Crippen molar-refractivity contribution in [3.05, 3.63) is 35.5 Å². The summed E-state index contributed by atoms with van der Waals surface area (Å²) in [5, 5.41) is 3.96. The van der Waals surface area contributed by atoms with Gasteiger partial charge in [-0.15, -0.1) is 6.58 Å². The van der Waals surface area contributed by atoms with E-state index in [1.807, 2.05) is 18.3 Å². The number of halogens is 1. The first-order chi connectivity index (χ1) is 8.60. The molecule has 0 radical (unpaired) electrons. The van der Waals surface area contributed by atoms with Crippen LogP contribution in [0.2, 0.25) is 5.02 Å². The van der Waals surface area contributed by atoms with Crippen LogP contribution in [0.3, 0.4) is 0 Å². The van der Waals surface area contributed by atoms with E-state index in [1.54, 1.807) is 0 Å². The molecule has 0 aromatic carbocycles. The van der Waals surface area contributed by atoms with Crippen LogP contribution in [-0.4, -0.2) is 24.1 Å². The molecule has 1 N–H and O–H groups in total. The molecule has 0 amide bonds. The topological polar surface area (TPSA) is 28.2 Å². The van der Waals surface area contributed by atoms with E-state index in [-0.39, 0.29) is 0 Å². The highest BCUT2D eigenvalue weighted by Gasteiger charge is 2.14. The molecule has 0 aliphatic carbocycles. The third-order valence-corrected chi connectivity index (χ3v) is 2.96. The molecule has 1 heterocycles.